The molecular weight excluding hydrogens is 386 g/mol. The van der Waals surface area contributed by atoms with E-state index >= 15 is 0 Å². The van der Waals surface area contributed by atoms with Crippen LogP contribution in [0, 0.1) is 0 Å². The summed E-state index contributed by atoms with van der Waals surface area (Å²) >= 11 is 6.14. The number of benzene rings is 1. The van der Waals surface area contributed by atoms with Crippen LogP contribution >= 0.6 is 11.6 Å². The number of likely N-dealkylation sites (N-methyl/N-ethyl adjacent to an activating group) is 1. The molecule has 2 aliphatic heterocycles. The smallest absolute Gasteiger partial charge is 0.257 e. The van der Waals surface area contributed by atoms with Crippen LogP contribution in [-0.4, -0.2) is 82.7 Å². The highest BCUT2D eigenvalue weighted by atomic mass is 35.5. The van der Waals surface area contributed by atoms with Gasteiger partial charge in [-0.05, 0) is 51.1 Å². The third-order valence-corrected chi connectivity index (χ3v) is 6.44. The number of hydrogen-bond donors (Lipinski definition) is 0. The van der Waals surface area contributed by atoms with E-state index < -0.39 is 0 Å². The van der Waals surface area contributed by atoms with Crippen molar-refractivity contribution in [2.24, 2.45) is 0 Å². The van der Waals surface area contributed by atoms with Crippen LogP contribution in [-0.2, 0) is 6.42 Å². The summed E-state index contributed by atoms with van der Waals surface area (Å²) in [6, 6.07) is 8.22. The molecule has 1 aromatic heterocycles. The molecule has 0 bridgehead atoms. The van der Waals surface area contributed by atoms with Crippen LogP contribution in [0.5, 0.6) is 0 Å². The quantitative estimate of drug-likeness (QED) is 0.770. The van der Waals surface area contributed by atoms with E-state index in [2.05, 4.69) is 28.9 Å². The van der Waals surface area contributed by atoms with Crippen molar-refractivity contribution in [3.63, 3.8) is 0 Å². The summed E-state index contributed by atoms with van der Waals surface area (Å²) in [6.45, 7) is 7.87. The van der Waals surface area contributed by atoms with Gasteiger partial charge in [-0.15, -0.1) is 0 Å². The molecule has 6 nitrogen and oxygen atoms in total. The molecule has 1 amide bonds. The average Bonchev–Trinajstić information content (AvgIpc) is 3.17. The SMILES string of the molecule is CCc1c(C(=O)N2CCN(C3CCCN(C)C3)CC2)cnn1-c1cccc(Cl)c1. The fraction of sp³-hybridized carbons (Fsp3) is 0.545. The number of halogens is 1. The Labute approximate surface area is 178 Å². The molecule has 4 rings (SSSR count). The Balaban J connectivity index is 1.45. The van der Waals surface area contributed by atoms with Gasteiger partial charge >= 0.3 is 0 Å². The molecule has 2 aromatic rings. The molecule has 7 heteroatoms. The van der Waals surface area contributed by atoms with Gasteiger partial charge in [0, 0.05) is 43.8 Å². The number of hydrogen-bond acceptors (Lipinski definition) is 4. The third kappa shape index (κ3) is 4.34. The Morgan fingerprint density at radius 1 is 1.21 bits per heavy atom. The predicted octanol–water partition coefficient (Wildman–Crippen LogP) is 2.94. The van der Waals surface area contributed by atoms with Crippen LogP contribution in [0.3, 0.4) is 0 Å². The van der Waals surface area contributed by atoms with Gasteiger partial charge in [-0.2, -0.15) is 5.10 Å². The Morgan fingerprint density at radius 3 is 2.69 bits per heavy atom. The zero-order chi connectivity index (χ0) is 20.4. The monoisotopic (exact) mass is 415 g/mol. The van der Waals surface area contributed by atoms with Crippen molar-refractivity contribution in [2.75, 3.05) is 46.3 Å². The first kappa shape index (κ1) is 20.4. The second-order valence-corrected chi connectivity index (χ2v) is 8.57. The Bertz CT molecular complexity index is 859. The number of piperidine rings is 1. The van der Waals surface area contributed by atoms with Gasteiger partial charge in [0.15, 0.2) is 0 Å². The van der Waals surface area contributed by atoms with Crippen molar-refractivity contribution in [3.8, 4) is 5.69 Å². The summed E-state index contributed by atoms with van der Waals surface area (Å²) in [5, 5.41) is 5.17. The normalized spacial score (nSPS) is 21.5. The number of piperazine rings is 1. The van der Waals surface area contributed by atoms with Crippen LogP contribution in [0.4, 0.5) is 0 Å². The minimum absolute atomic E-state index is 0.0931. The predicted molar refractivity (Wildman–Crippen MR) is 116 cm³/mol. The van der Waals surface area contributed by atoms with Gasteiger partial charge < -0.3 is 9.80 Å². The standard InChI is InChI=1S/C22H30ClN5O/c1-3-21-20(15-24-28(21)18-7-4-6-17(23)14-18)22(29)27-12-10-26(11-13-27)19-8-5-9-25(2)16-19/h4,6-7,14-15,19H,3,5,8-13,16H2,1-2H3. The highest BCUT2D eigenvalue weighted by Crippen LogP contribution is 2.22. The van der Waals surface area contributed by atoms with E-state index in [1.165, 1.54) is 19.4 Å². The number of carbonyl (C=O) groups is 1. The van der Waals surface area contributed by atoms with Crippen LogP contribution in [0.1, 0.15) is 35.8 Å². The molecule has 0 saturated carbocycles. The lowest BCUT2D eigenvalue weighted by molar-refractivity contribution is 0.0451. The number of rotatable bonds is 4. The van der Waals surface area contributed by atoms with Gasteiger partial charge in [0.25, 0.3) is 5.91 Å². The molecule has 2 saturated heterocycles. The number of likely N-dealkylation sites (tertiary alicyclic amines) is 1. The zero-order valence-electron chi connectivity index (χ0n) is 17.4. The molecule has 0 aliphatic carbocycles. The van der Waals surface area contributed by atoms with E-state index in [0.717, 1.165) is 50.5 Å². The van der Waals surface area contributed by atoms with E-state index in [9.17, 15) is 4.79 Å². The summed E-state index contributed by atoms with van der Waals surface area (Å²) in [4.78, 5) is 20.2. The van der Waals surface area contributed by atoms with E-state index in [1.807, 2.05) is 33.8 Å². The zero-order valence-corrected chi connectivity index (χ0v) is 18.1. The number of carbonyl (C=O) groups excluding carboxylic acids is 1. The fourth-order valence-corrected chi connectivity index (χ4v) is 4.81. The van der Waals surface area contributed by atoms with Gasteiger partial charge in [-0.25, -0.2) is 4.68 Å². The maximum absolute atomic E-state index is 13.2. The molecule has 0 radical (unpaired) electrons. The summed E-state index contributed by atoms with van der Waals surface area (Å²) in [5.74, 6) is 0.0931. The molecule has 0 N–H and O–H groups in total. The minimum Gasteiger partial charge on any atom is -0.336 e. The van der Waals surface area contributed by atoms with E-state index in [4.69, 9.17) is 11.6 Å². The molecule has 2 fully saturated rings. The van der Waals surface area contributed by atoms with Gasteiger partial charge in [-0.1, -0.05) is 24.6 Å². The molecule has 1 unspecified atom stereocenters. The maximum Gasteiger partial charge on any atom is 0.257 e. The van der Waals surface area contributed by atoms with E-state index in [-0.39, 0.29) is 5.91 Å². The summed E-state index contributed by atoms with van der Waals surface area (Å²) in [7, 11) is 2.20. The number of aromatic nitrogens is 2. The van der Waals surface area contributed by atoms with Gasteiger partial charge in [0.1, 0.15) is 0 Å². The Kier molecular flexibility index (Phi) is 6.23. The summed E-state index contributed by atoms with van der Waals surface area (Å²) in [5.41, 5.74) is 2.53. The highest BCUT2D eigenvalue weighted by Gasteiger charge is 2.30. The second-order valence-electron chi connectivity index (χ2n) is 8.14. The van der Waals surface area contributed by atoms with Gasteiger partial charge in [-0.3, -0.25) is 9.69 Å². The van der Waals surface area contributed by atoms with E-state index in [0.29, 0.717) is 16.6 Å². The van der Waals surface area contributed by atoms with Crippen molar-refractivity contribution in [3.05, 3.63) is 46.7 Å². The first-order chi connectivity index (χ1) is 14.1. The third-order valence-electron chi connectivity index (χ3n) is 6.20. The molecule has 0 spiro atoms. The highest BCUT2D eigenvalue weighted by molar-refractivity contribution is 6.30. The van der Waals surface area contributed by atoms with Gasteiger partial charge in [0.05, 0.1) is 23.1 Å². The topological polar surface area (TPSA) is 44.6 Å². The van der Waals surface area contributed by atoms with Gasteiger partial charge in [0.2, 0.25) is 0 Å². The minimum atomic E-state index is 0.0931. The molecule has 1 aromatic carbocycles. The van der Waals surface area contributed by atoms with E-state index in [1.54, 1.807) is 6.20 Å². The summed E-state index contributed by atoms with van der Waals surface area (Å²) in [6.07, 6.45) is 4.99. The molecule has 156 valence electrons. The summed E-state index contributed by atoms with van der Waals surface area (Å²) < 4.78 is 1.84. The van der Waals surface area contributed by atoms with Crippen LogP contribution in [0.2, 0.25) is 5.02 Å². The fourth-order valence-electron chi connectivity index (χ4n) is 4.62. The van der Waals surface area contributed by atoms with Crippen LogP contribution < -0.4 is 0 Å². The number of amides is 1. The lowest BCUT2D eigenvalue weighted by Gasteiger charge is -2.42. The maximum atomic E-state index is 13.2. The van der Waals surface area contributed by atoms with Crippen molar-refractivity contribution in [1.82, 2.24) is 24.5 Å². The molecule has 1 atom stereocenters. The average molecular weight is 416 g/mol. The lowest BCUT2D eigenvalue weighted by Crippen LogP contribution is -2.55. The Morgan fingerprint density at radius 2 is 2.00 bits per heavy atom. The van der Waals surface area contributed by atoms with Crippen LogP contribution in [0.15, 0.2) is 30.5 Å². The number of nitrogens with zero attached hydrogens (tertiary/aromatic N) is 5. The lowest BCUT2D eigenvalue weighted by atomic mass is 10.0. The first-order valence-corrected chi connectivity index (χ1v) is 11.0. The van der Waals surface area contributed by atoms with Crippen molar-refractivity contribution in [2.45, 2.75) is 32.2 Å². The second kappa shape index (κ2) is 8.86. The molecular formula is C22H30ClN5O. The van der Waals surface area contributed by atoms with Crippen molar-refractivity contribution < 1.29 is 4.79 Å². The molecule has 3 heterocycles. The molecule has 2 aliphatic rings. The first-order valence-electron chi connectivity index (χ1n) is 10.6. The van der Waals surface area contributed by atoms with Crippen molar-refractivity contribution in [1.29, 1.82) is 0 Å². The van der Waals surface area contributed by atoms with Crippen LogP contribution in [0.25, 0.3) is 5.69 Å². The Hall–Kier alpha value is -1.89. The largest absolute Gasteiger partial charge is 0.336 e. The van der Waals surface area contributed by atoms with Crippen molar-refractivity contribution >= 4 is 17.5 Å². The molecule has 29 heavy (non-hydrogen) atoms.